The first-order valence-electron chi connectivity index (χ1n) is 8.66. The summed E-state index contributed by atoms with van der Waals surface area (Å²) in [5, 5.41) is 9.88. The van der Waals surface area contributed by atoms with Gasteiger partial charge in [-0.15, -0.1) is 0 Å². The molecule has 0 unspecified atom stereocenters. The fourth-order valence-electron chi connectivity index (χ4n) is 2.84. The first-order chi connectivity index (χ1) is 13.8. The number of carbonyl (C=O) groups excluding carboxylic acids is 1. The third kappa shape index (κ3) is 4.91. The van der Waals surface area contributed by atoms with Crippen LogP contribution in [0.2, 0.25) is 5.02 Å². The summed E-state index contributed by atoms with van der Waals surface area (Å²) in [6.07, 6.45) is -1.43. The van der Waals surface area contributed by atoms with Crippen molar-refractivity contribution in [2.45, 2.75) is 19.9 Å². The molecule has 29 heavy (non-hydrogen) atoms. The van der Waals surface area contributed by atoms with Gasteiger partial charge in [-0.3, -0.25) is 4.79 Å². The molecule has 0 fully saturated rings. The lowest BCUT2D eigenvalue weighted by molar-refractivity contribution is 0.0977. The summed E-state index contributed by atoms with van der Waals surface area (Å²) in [6.45, 7) is 3.73. The molecule has 1 amide bonds. The van der Waals surface area contributed by atoms with Gasteiger partial charge in [0.15, 0.2) is 0 Å². The highest BCUT2D eigenvalue weighted by Crippen LogP contribution is 2.44. The quantitative estimate of drug-likeness (QED) is 0.285. The van der Waals surface area contributed by atoms with Gasteiger partial charge < -0.3 is 14.7 Å². The number of hydrogen-bond donors (Lipinski definition) is 1. The molecule has 0 aliphatic rings. The molecule has 0 bridgehead atoms. The van der Waals surface area contributed by atoms with Crippen molar-refractivity contribution in [2.75, 3.05) is 4.90 Å². The Hall–Kier alpha value is -2.10. The van der Waals surface area contributed by atoms with Gasteiger partial charge in [0.25, 0.3) is 5.91 Å². The van der Waals surface area contributed by atoms with Gasteiger partial charge in [-0.1, -0.05) is 53.3 Å². The van der Waals surface area contributed by atoms with E-state index in [1.54, 1.807) is 29.2 Å². The summed E-state index contributed by atoms with van der Waals surface area (Å²) in [4.78, 5) is 27.0. The second-order valence-corrected chi connectivity index (χ2v) is 9.02. The van der Waals surface area contributed by atoms with Crippen LogP contribution in [0.5, 0.6) is 5.06 Å². The minimum absolute atomic E-state index is 0.155. The summed E-state index contributed by atoms with van der Waals surface area (Å²) in [6, 6.07) is 16.1. The largest absolute Gasteiger partial charge is 0.512 e. The van der Waals surface area contributed by atoms with Crippen LogP contribution >= 0.6 is 45.5 Å². The van der Waals surface area contributed by atoms with Crippen molar-refractivity contribution in [3.8, 4) is 15.5 Å². The molecule has 2 aromatic carbocycles. The number of benzene rings is 2. The summed E-state index contributed by atoms with van der Waals surface area (Å²) in [5.41, 5.74) is 1.82. The van der Waals surface area contributed by atoms with E-state index in [-0.39, 0.29) is 17.0 Å². The third-order valence-electron chi connectivity index (χ3n) is 4.07. The minimum Gasteiger partial charge on any atom is -0.449 e. The predicted octanol–water partition coefficient (Wildman–Crippen LogP) is 6.79. The van der Waals surface area contributed by atoms with E-state index < -0.39 is 6.16 Å². The molecule has 8 heteroatoms. The minimum atomic E-state index is -1.43. The number of halogens is 2. The van der Waals surface area contributed by atoms with E-state index in [0.29, 0.717) is 19.8 Å². The normalized spacial score (nSPS) is 10.8. The molecule has 0 radical (unpaired) electrons. The summed E-state index contributed by atoms with van der Waals surface area (Å²) in [7, 11) is 0. The highest BCUT2D eigenvalue weighted by Gasteiger charge is 2.28. The fourth-order valence-corrected chi connectivity index (χ4v) is 4.95. The number of anilines is 1. The number of ether oxygens (including phenoxy) is 1. The average Bonchev–Trinajstić information content (AvgIpc) is 3.05. The molecule has 3 aromatic rings. The van der Waals surface area contributed by atoms with Crippen LogP contribution in [0.4, 0.5) is 10.5 Å². The predicted molar refractivity (Wildman–Crippen MR) is 125 cm³/mol. The summed E-state index contributed by atoms with van der Waals surface area (Å²) < 4.78 is 5.75. The van der Waals surface area contributed by atoms with Gasteiger partial charge in [0.1, 0.15) is 0 Å². The molecule has 0 saturated carbocycles. The van der Waals surface area contributed by atoms with Crippen LogP contribution in [0.1, 0.15) is 24.2 Å². The zero-order valence-electron chi connectivity index (χ0n) is 15.6. The molecule has 0 saturated heterocycles. The van der Waals surface area contributed by atoms with Crippen molar-refractivity contribution >= 4 is 63.3 Å². The number of amides is 1. The van der Waals surface area contributed by atoms with Crippen molar-refractivity contribution in [3.05, 3.63) is 68.8 Å². The maximum atomic E-state index is 13.4. The lowest BCUT2D eigenvalue weighted by Gasteiger charge is -2.27. The number of rotatable bonds is 5. The fraction of sp³-hybridized carbons (Fsp3) is 0.143. The van der Waals surface area contributed by atoms with Gasteiger partial charge >= 0.3 is 6.16 Å². The van der Waals surface area contributed by atoms with E-state index in [9.17, 15) is 14.7 Å². The van der Waals surface area contributed by atoms with E-state index in [2.05, 4.69) is 22.6 Å². The molecular weight excluding hydrogens is 525 g/mol. The molecule has 0 aliphatic carbocycles. The van der Waals surface area contributed by atoms with Crippen molar-refractivity contribution < 1.29 is 19.4 Å². The molecule has 0 aliphatic heterocycles. The third-order valence-corrected chi connectivity index (χ3v) is 6.25. The van der Waals surface area contributed by atoms with Crippen LogP contribution in [0.15, 0.2) is 54.6 Å². The molecule has 1 heterocycles. The van der Waals surface area contributed by atoms with Gasteiger partial charge in [0, 0.05) is 19.5 Å². The Kier molecular flexibility index (Phi) is 6.81. The van der Waals surface area contributed by atoms with E-state index in [1.165, 1.54) is 11.3 Å². The molecule has 150 valence electrons. The van der Waals surface area contributed by atoms with E-state index in [0.717, 1.165) is 10.4 Å². The van der Waals surface area contributed by atoms with Crippen molar-refractivity contribution in [1.82, 2.24) is 0 Å². The second kappa shape index (κ2) is 9.15. The number of thiophene rings is 1. The van der Waals surface area contributed by atoms with Gasteiger partial charge in [-0.2, -0.15) is 0 Å². The van der Waals surface area contributed by atoms with Crippen molar-refractivity contribution in [2.24, 2.45) is 0 Å². The maximum absolute atomic E-state index is 13.4. The van der Waals surface area contributed by atoms with Gasteiger partial charge in [0.05, 0.1) is 11.3 Å². The zero-order valence-corrected chi connectivity index (χ0v) is 19.3. The van der Waals surface area contributed by atoms with Crippen LogP contribution in [0, 0.1) is 3.57 Å². The SMILES string of the molecule is CC(C)N(C(=O)c1ccc(Cl)cc1I)c1cc(-c2ccccc2)sc1OC(=O)O. The van der Waals surface area contributed by atoms with Crippen LogP contribution in [0.3, 0.4) is 0 Å². The Balaban J connectivity index is 2.11. The molecule has 1 aromatic heterocycles. The standard InChI is InChI=1S/C21H17ClINO4S/c1-12(2)24(19(25)15-9-8-14(22)10-16(15)23)17-11-18(13-6-4-3-5-7-13)29-20(17)28-21(26)27/h3-12H,1-2H3,(H,26,27). The molecule has 5 nitrogen and oxygen atoms in total. The first-order valence-corrected chi connectivity index (χ1v) is 10.9. The monoisotopic (exact) mass is 541 g/mol. The molecular formula is C21H17ClINO4S. The number of carbonyl (C=O) groups is 2. The highest BCUT2D eigenvalue weighted by atomic mass is 127. The number of hydrogen-bond acceptors (Lipinski definition) is 4. The Morgan fingerprint density at radius 1 is 1.14 bits per heavy atom. The van der Waals surface area contributed by atoms with Crippen LogP contribution in [-0.2, 0) is 0 Å². The molecule has 0 spiro atoms. The van der Waals surface area contributed by atoms with Crippen LogP contribution in [0.25, 0.3) is 10.4 Å². The molecule has 3 rings (SSSR count). The van der Waals surface area contributed by atoms with Gasteiger partial charge in [-0.05, 0) is 66.3 Å². The highest BCUT2D eigenvalue weighted by molar-refractivity contribution is 14.1. The zero-order chi connectivity index (χ0) is 21.1. The Bertz CT molecular complexity index is 1050. The van der Waals surface area contributed by atoms with E-state index in [1.807, 2.05) is 44.2 Å². The van der Waals surface area contributed by atoms with Gasteiger partial charge in [-0.25, -0.2) is 4.79 Å². The van der Waals surface area contributed by atoms with E-state index >= 15 is 0 Å². The number of nitrogens with zero attached hydrogens (tertiary/aromatic N) is 1. The second-order valence-electron chi connectivity index (χ2n) is 6.41. The van der Waals surface area contributed by atoms with Crippen LogP contribution in [-0.4, -0.2) is 23.2 Å². The number of carboxylic acid groups (broad SMARTS) is 1. The van der Waals surface area contributed by atoms with Crippen molar-refractivity contribution in [3.63, 3.8) is 0 Å². The van der Waals surface area contributed by atoms with Crippen LogP contribution < -0.4 is 9.64 Å². The van der Waals surface area contributed by atoms with E-state index in [4.69, 9.17) is 16.3 Å². The smallest absolute Gasteiger partial charge is 0.449 e. The molecule has 1 N–H and O–H groups in total. The van der Waals surface area contributed by atoms with Gasteiger partial charge in [0.2, 0.25) is 5.06 Å². The Labute approximate surface area is 191 Å². The lowest BCUT2D eigenvalue weighted by atomic mass is 10.1. The van der Waals surface area contributed by atoms with Crippen molar-refractivity contribution in [1.29, 1.82) is 0 Å². The summed E-state index contributed by atoms with van der Waals surface area (Å²) >= 11 is 9.27. The first kappa shape index (κ1) is 21.6. The topological polar surface area (TPSA) is 66.8 Å². The summed E-state index contributed by atoms with van der Waals surface area (Å²) in [5.74, 6) is -0.256. The maximum Gasteiger partial charge on any atom is 0.512 e. The molecule has 0 atom stereocenters. The lowest BCUT2D eigenvalue weighted by Crippen LogP contribution is -2.37. The Morgan fingerprint density at radius 3 is 2.41 bits per heavy atom. The average molecular weight is 542 g/mol. The Morgan fingerprint density at radius 2 is 1.83 bits per heavy atom.